The van der Waals surface area contributed by atoms with E-state index in [-0.39, 0.29) is 56.3 Å². The lowest BCUT2D eigenvalue weighted by Crippen LogP contribution is -2.46. The molecule has 3 heterocycles. The van der Waals surface area contributed by atoms with Gasteiger partial charge in [-0.05, 0) is 43.5 Å². The van der Waals surface area contributed by atoms with E-state index in [0.717, 1.165) is 22.5 Å². The Morgan fingerprint density at radius 1 is 1.09 bits per heavy atom. The summed E-state index contributed by atoms with van der Waals surface area (Å²) in [5, 5.41) is 18.0. The molecule has 1 atom stereocenters. The number of methoxy groups -OCH3 is 1. The van der Waals surface area contributed by atoms with E-state index >= 15 is 0 Å². The highest BCUT2D eigenvalue weighted by Gasteiger charge is 2.28. The quantitative estimate of drug-likeness (QED) is 0.289. The van der Waals surface area contributed by atoms with E-state index in [9.17, 15) is 14.4 Å². The highest BCUT2D eigenvalue weighted by atomic mass is 16.5. The van der Waals surface area contributed by atoms with Gasteiger partial charge in [-0.15, -0.1) is 0 Å². The number of benzene rings is 2. The maximum atomic E-state index is 13.6. The van der Waals surface area contributed by atoms with Crippen molar-refractivity contribution in [2.24, 2.45) is 5.92 Å². The average Bonchev–Trinajstić information content (AvgIpc) is 3.63. The molecule has 1 aliphatic heterocycles. The van der Waals surface area contributed by atoms with Crippen LogP contribution < -0.4 is 20.1 Å². The van der Waals surface area contributed by atoms with Crippen molar-refractivity contribution < 1.29 is 23.9 Å². The van der Waals surface area contributed by atoms with Crippen molar-refractivity contribution in [1.82, 2.24) is 40.5 Å². The number of nitrogens with one attached hydrogen (secondary N) is 3. The third kappa shape index (κ3) is 7.97. The molecule has 248 valence electrons. The predicted octanol–water partition coefficient (Wildman–Crippen LogP) is 3.39. The third-order valence-electron chi connectivity index (χ3n) is 8.26. The van der Waals surface area contributed by atoms with Crippen molar-refractivity contribution in [3.63, 3.8) is 0 Å². The SMILES string of the molecule is COc1ccc2cc1OCCn1nc(-c3ccccc3)nc1[C@@H](C(C)C)NC(=O)CN(C(=O)CCc1n[nH]c(C)c1C)CCNC2=O. The first kappa shape index (κ1) is 33.2. The van der Waals surface area contributed by atoms with Crippen LogP contribution in [0.5, 0.6) is 11.5 Å². The van der Waals surface area contributed by atoms with Gasteiger partial charge in [0, 0.05) is 42.8 Å². The molecule has 3 N–H and O–H groups in total. The molecule has 0 aliphatic carbocycles. The van der Waals surface area contributed by atoms with Crippen molar-refractivity contribution in [3.8, 4) is 22.9 Å². The van der Waals surface area contributed by atoms with Crippen LogP contribution in [0.15, 0.2) is 48.5 Å². The van der Waals surface area contributed by atoms with E-state index in [1.165, 1.54) is 12.0 Å². The molecule has 3 amide bonds. The zero-order valence-electron chi connectivity index (χ0n) is 27.5. The molecule has 0 spiro atoms. The van der Waals surface area contributed by atoms with E-state index in [1.54, 1.807) is 22.9 Å². The zero-order valence-corrected chi connectivity index (χ0v) is 27.5. The van der Waals surface area contributed by atoms with Crippen LogP contribution in [0.3, 0.4) is 0 Å². The van der Waals surface area contributed by atoms with E-state index in [4.69, 9.17) is 19.6 Å². The molecule has 0 fully saturated rings. The zero-order chi connectivity index (χ0) is 33.5. The summed E-state index contributed by atoms with van der Waals surface area (Å²) < 4.78 is 13.3. The summed E-state index contributed by atoms with van der Waals surface area (Å²) in [5.41, 5.74) is 3.98. The molecular weight excluding hydrogens is 600 g/mol. The molecule has 0 saturated carbocycles. The first-order valence-electron chi connectivity index (χ1n) is 15.8. The molecule has 2 bridgehead atoms. The fourth-order valence-corrected chi connectivity index (χ4v) is 5.41. The fourth-order valence-electron chi connectivity index (χ4n) is 5.41. The number of ether oxygens (including phenoxy) is 2. The van der Waals surface area contributed by atoms with Gasteiger partial charge in [-0.1, -0.05) is 44.2 Å². The van der Waals surface area contributed by atoms with Crippen LogP contribution >= 0.6 is 0 Å². The van der Waals surface area contributed by atoms with Crippen molar-refractivity contribution in [2.75, 3.05) is 33.4 Å². The Balaban J connectivity index is 1.47. The number of amides is 3. The van der Waals surface area contributed by atoms with Crippen LogP contribution in [0.2, 0.25) is 0 Å². The van der Waals surface area contributed by atoms with Crippen LogP contribution in [0.4, 0.5) is 0 Å². The normalized spacial score (nSPS) is 16.1. The number of aromatic nitrogens is 5. The minimum Gasteiger partial charge on any atom is -0.493 e. The van der Waals surface area contributed by atoms with Crippen LogP contribution in [0.1, 0.15) is 59.4 Å². The Kier molecular flexibility index (Phi) is 10.5. The summed E-state index contributed by atoms with van der Waals surface area (Å²) in [6.07, 6.45) is 0.585. The standard InChI is InChI=1S/C34H42N8O5/c1-21(2)31-33-37-32(24-9-7-6-8-10-24)40-42(33)17-18-47-28-19-25(11-13-27(28)46-5)34(45)35-15-16-41(20-29(43)36-31)30(44)14-12-26-22(3)23(4)38-39-26/h6-11,13,19,21,31H,12,14-18,20H2,1-5H3,(H,35,45)(H,36,43)(H,38,39)/t31-/m1/s1. The van der Waals surface area contributed by atoms with Crippen LogP contribution in [-0.2, 0) is 22.6 Å². The van der Waals surface area contributed by atoms with Crippen LogP contribution in [0.25, 0.3) is 11.4 Å². The second-order valence-corrected chi connectivity index (χ2v) is 11.9. The van der Waals surface area contributed by atoms with Crippen molar-refractivity contribution in [3.05, 3.63) is 76.9 Å². The minimum atomic E-state index is -0.507. The van der Waals surface area contributed by atoms with Gasteiger partial charge < -0.3 is 25.0 Å². The number of carbonyl (C=O) groups is 3. The molecule has 13 nitrogen and oxygen atoms in total. The molecule has 0 radical (unpaired) electrons. The number of H-pyrrole nitrogens is 1. The topological polar surface area (TPSA) is 156 Å². The Morgan fingerprint density at radius 2 is 1.87 bits per heavy atom. The highest BCUT2D eigenvalue weighted by Crippen LogP contribution is 2.29. The van der Waals surface area contributed by atoms with E-state index in [2.05, 4.69) is 20.8 Å². The third-order valence-corrected chi connectivity index (χ3v) is 8.26. The Morgan fingerprint density at radius 3 is 2.57 bits per heavy atom. The van der Waals surface area contributed by atoms with Gasteiger partial charge in [-0.3, -0.25) is 19.5 Å². The smallest absolute Gasteiger partial charge is 0.251 e. The second kappa shape index (κ2) is 14.9. The molecule has 13 heteroatoms. The molecule has 5 rings (SSSR count). The Labute approximate surface area is 274 Å². The number of rotatable bonds is 6. The number of hydrogen-bond donors (Lipinski definition) is 3. The van der Waals surface area contributed by atoms with Gasteiger partial charge in [0.05, 0.1) is 31.9 Å². The molecule has 47 heavy (non-hydrogen) atoms. The lowest BCUT2D eigenvalue weighted by molar-refractivity contribution is -0.136. The van der Waals surface area contributed by atoms with Gasteiger partial charge in [0.1, 0.15) is 6.61 Å². The maximum absolute atomic E-state index is 13.6. The van der Waals surface area contributed by atoms with Gasteiger partial charge >= 0.3 is 0 Å². The van der Waals surface area contributed by atoms with Gasteiger partial charge in [0.15, 0.2) is 23.1 Å². The Bertz CT molecular complexity index is 1710. The molecule has 0 unspecified atom stereocenters. The summed E-state index contributed by atoms with van der Waals surface area (Å²) in [7, 11) is 1.54. The van der Waals surface area contributed by atoms with Gasteiger partial charge in [0.2, 0.25) is 11.8 Å². The van der Waals surface area contributed by atoms with E-state index in [0.29, 0.717) is 41.7 Å². The minimum absolute atomic E-state index is 0.0559. The number of aromatic amines is 1. The summed E-state index contributed by atoms with van der Waals surface area (Å²) in [6.45, 7) is 8.47. The van der Waals surface area contributed by atoms with E-state index in [1.807, 2.05) is 58.0 Å². The highest BCUT2D eigenvalue weighted by molar-refractivity contribution is 5.95. The summed E-state index contributed by atoms with van der Waals surface area (Å²) in [5.74, 6) is 1.02. The summed E-state index contributed by atoms with van der Waals surface area (Å²) >= 11 is 0. The van der Waals surface area contributed by atoms with Crippen LogP contribution in [-0.4, -0.2) is 80.9 Å². The molecule has 4 aromatic rings. The van der Waals surface area contributed by atoms with Crippen LogP contribution in [0, 0.1) is 19.8 Å². The largest absolute Gasteiger partial charge is 0.493 e. The molecular formula is C34H42N8O5. The van der Waals surface area contributed by atoms with Crippen molar-refractivity contribution in [1.29, 1.82) is 0 Å². The fraction of sp³-hybridized carbons (Fsp3) is 0.412. The first-order chi connectivity index (χ1) is 22.6. The second-order valence-electron chi connectivity index (χ2n) is 11.9. The lowest BCUT2D eigenvalue weighted by Gasteiger charge is -2.26. The van der Waals surface area contributed by atoms with E-state index < -0.39 is 6.04 Å². The Hall–Kier alpha value is -5.20. The van der Waals surface area contributed by atoms with Gasteiger partial charge in [0.25, 0.3) is 5.91 Å². The number of hydrogen-bond acceptors (Lipinski definition) is 8. The number of nitrogens with zero attached hydrogens (tertiary/aromatic N) is 5. The van der Waals surface area contributed by atoms with Gasteiger partial charge in [-0.25, -0.2) is 9.67 Å². The number of aryl methyl sites for hydroxylation is 2. The molecule has 2 aromatic carbocycles. The molecule has 1 aliphatic rings. The van der Waals surface area contributed by atoms with Crippen molar-refractivity contribution in [2.45, 2.75) is 53.1 Å². The number of carbonyl (C=O) groups excluding carboxylic acids is 3. The van der Waals surface area contributed by atoms with Crippen molar-refractivity contribution >= 4 is 17.7 Å². The first-order valence-corrected chi connectivity index (χ1v) is 15.8. The summed E-state index contributed by atoms with van der Waals surface area (Å²) in [6, 6.07) is 14.1. The monoisotopic (exact) mass is 642 g/mol. The average molecular weight is 643 g/mol. The molecule has 0 saturated heterocycles. The predicted molar refractivity (Wildman–Crippen MR) is 175 cm³/mol. The van der Waals surface area contributed by atoms with Gasteiger partial charge in [-0.2, -0.15) is 10.2 Å². The lowest BCUT2D eigenvalue weighted by atomic mass is 10.0. The number of fused-ring (bicyclic) bond motifs is 3. The maximum Gasteiger partial charge on any atom is 0.251 e. The molecule has 2 aromatic heterocycles. The summed E-state index contributed by atoms with van der Waals surface area (Å²) in [4.78, 5) is 46.6.